The van der Waals surface area contributed by atoms with Crippen LogP contribution in [0.1, 0.15) is 23.6 Å². The summed E-state index contributed by atoms with van der Waals surface area (Å²) in [6, 6.07) is 14.1. The Bertz CT molecular complexity index is 609. The van der Waals surface area contributed by atoms with E-state index < -0.39 is 0 Å². The largest absolute Gasteiger partial charge is 0.508 e. The van der Waals surface area contributed by atoms with Gasteiger partial charge >= 0.3 is 0 Å². The number of rotatable bonds is 1. The number of aromatic hydroxyl groups is 1. The summed E-state index contributed by atoms with van der Waals surface area (Å²) in [6.07, 6.45) is 0.954. The van der Waals surface area contributed by atoms with E-state index in [1.807, 2.05) is 12.1 Å². The second-order valence-electron chi connectivity index (χ2n) is 5.15. The van der Waals surface area contributed by atoms with Gasteiger partial charge in [0, 0.05) is 11.0 Å². The van der Waals surface area contributed by atoms with Crippen molar-refractivity contribution in [3.05, 3.63) is 63.6 Å². The van der Waals surface area contributed by atoms with Crippen molar-refractivity contribution >= 4 is 15.9 Å². The summed E-state index contributed by atoms with van der Waals surface area (Å²) < 4.78 is 1.08. The Morgan fingerprint density at radius 2 is 1.89 bits per heavy atom. The van der Waals surface area contributed by atoms with Gasteiger partial charge in [0.15, 0.2) is 0 Å². The molecule has 2 nitrogen and oxygen atoms in total. The third kappa shape index (κ3) is 2.17. The molecule has 0 aliphatic carbocycles. The van der Waals surface area contributed by atoms with Crippen LogP contribution in [0.25, 0.3) is 0 Å². The Morgan fingerprint density at radius 3 is 2.63 bits per heavy atom. The SMILES string of the molecule is C[C@@]1(c2ccc(Br)cc2)NCCc2cc(O)ccc21. The molecule has 2 aromatic carbocycles. The lowest BCUT2D eigenvalue weighted by molar-refractivity contribution is 0.411. The number of phenolic OH excluding ortho intramolecular Hbond substituents is 1. The molecule has 3 rings (SSSR count). The lowest BCUT2D eigenvalue weighted by Crippen LogP contribution is -2.45. The molecule has 1 aliphatic rings. The van der Waals surface area contributed by atoms with Crippen molar-refractivity contribution in [3.8, 4) is 5.75 Å². The first-order valence-corrected chi connectivity index (χ1v) is 7.22. The van der Waals surface area contributed by atoms with Crippen LogP contribution in [0.4, 0.5) is 0 Å². The van der Waals surface area contributed by atoms with Gasteiger partial charge in [-0.3, -0.25) is 0 Å². The lowest BCUT2D eigenvalue weighted by atomic mass is 9.79. The monoisotopic (exact) mass is 317 g/mol. The average Bonchev–Trinajstić information content (AvgIpc) is 2.39. The molecule has 1 atom stereocenters. The van der Waals surface area contributed by atoms with E-state index in [4.69, 9.17) is 0 Å². The highest BCUT2D eigenvalue weighted by atomic mass is 79.9. The molecule has 0 saturated heterocycles. The van der Waals surface area contributed by atoms with Gasteiger partial charge in [-0.05, 0) is 54.3 Å². The minimum Gasteiger partial charge on any atom is -0.508 e. The minimum absolute atomic E-state index is 0.192. The Hall–Kier alpha value is -1.32. The van der Waals surface area contributed by atoms with Crippen LogP contribution in [0.15, 0.2) is 46.9 Å². The number of hydrogen-bond acceptors (Lipinski definition) is 2. The Labute approximate surface area is 121 Å². The van der Waals surface area contributed by atoms with Crippen LogP contribution < -0.4 is 5.32 Å². The summed E-state index contributed by atoms with van der Waals surface area (Å²) in [6.45, 7) is 3.12. The molecule has 0 fully saturated rings. The predicted octanol–water partition coefficient (Wildman–Crippen LogP) is 3.56. The van der Waals surface area contributed by atoms with Gasteiger partial charge in [-0.15, -0.1) is 0 Å². The van der Waals surface area contributed by atoms with Crippen LogP contribution >= 0.6 is 15.9 Å². The lowest BCUT2D eigenvalue weighted by Gasteiger charge is -2.38. The van der Waals surface area contributed by atoms with Gasteiger partial charge in [-0.25, -0.2) is 0 Å². The molecule has 19 heavy (non-hydrogen) atoms. The van der Waals surface area contributed by atoms with E-state index in [1.165, 1.54) is 16.7 Å². The highest BCUT2D eigenvalue weighted by Crippen LogP contribution is 2.36. The number of phenols is 1. The van der Waals surface area contributed by atoms with Crippen molar-refractivity contribution in [2.45, 2.75) is 18.9 Å². The molecule has 2 aromatic rings. The second kappa shape index (κ2) is 4.66. The summed E-state index contributed by atoms with van der Waals surface area (Å²) >= 11 is 3.47. The molecule has 2 N–H and O–H groups in total. The molecule has 0 saturated carbocycles. The molecular weight excluding hydrogens is 302 g/mol. The highest BCUT2D eigenvalue weighted by molar-refractivity contribution is 9.10. The minimum atomic E-state index is -0.192. The molecule has 3 heteroatoms. The van der Waals surface area contributed by atoms with Gasteiger partial charge in [-0.1, -0.05) is 34.1 Å². The summed E-state index contributed by atoms with van der Waals surface area (Å²) in [5.74, 6) is 0.346. The van der Waals surface area contributed by atoms with E-state index in [1.54, 1.807) is 6.07 Å². The van der Waals surface area contributed by atoms with Crippen molar-refractivity contribution in [1.29, 1.82) is 0 Å². The molecular formula is C16H16BrNO. The first-order chi connectivity index (χ1) is 9.09. The van der Waals surface area contributed by atoms with Gasteiger partial charge in [0.1, 0.15) is 5.75 Å². The van der Waals surface area contributed by atoms with Gasteiger partial charge in [0.2, 0.25) is 0 Å². The fourth-order valence-electron chi connectivity index (χ4n) is 2.86. The molecule has 0 aromatic heterocycles. The first kappa shape index (κ1) is 12.7. The molecule has 0 unspecified atom stereocenters. The van der Waals surface area contributed by atoms with E-state index in [2.05, 4.69) is 52.4 Å². The van der Waals surface area contributed by atoms with Crippen molar-refractivity contribution in [2.24, 2.45) is 0 Å². The number of nitrogens with one attached hydrogen (secondary N) is 1. The highest BCUT2D eigenvalue weighted by Gasteiger charge is 2.33. The van der Waals surface area contributed by atoms with Crippen molar-refractivity contribution < 1.29 is 5.11 Å². The maximum Gasteiger partial charge on any atom is 0.115 e. The molecule has 0 spiro atoms. The first-order valence-electron chi connectivity index (χ1n) is 6.43. The number of halogens is 1. The topological polar surface area (TPSA) is 32.3 Å². The quantitative estimate of drug-likeness (QED) is 0.842. The fourth-order valence-corrected chi connectivity index (χ4v) is 3.12. The van der Waals surface area contributed by atoms with Crippen LogP contribution in [-0.4, -0.2) is 11.7 Å². The maximum atomic E-state index is 9.64. The average molecular weight is 318 g/mol. The van der Waals surface area contributed by atoms with Gasteiger partial charge in [-0.2, -0.15) is 0 Å². The number of benzene rings is 2. The Kier molecular flexibility index (Phi) is 3.11. The molecule has 98 valence electrons. The van der Waals surface area contributed by atoms with Gasteiger partial charge in [0.05, 0.1) is 5.54 Å². The van der Waals surface area contributed by atoms with Crippen molar-refractivity contribution in [2.75, 3.05) is 6.54 Å². The molecule has 0 bridgehead atoms. The molecule has 0 amide bonds. The van der Waals surface area contributed by atoms with Crippen LogP contribution in [0.5, 0.6) is 5.75 Å². The fraction of sp³-hybridized carbons (Fsp3) is 0.250. The summed E-state index contributed by atoms with van der Waals surface area (Å²) in [4.78, 5) is 0. The van der Waals surface area contributed by atoms with E-state index in [9.17, 15) is 5.11 Å². The zero-order chi connectivity index (χ0) is 13.5. The zero-order valence-corrected chi connectivity index (χ0v) is 12.4. The summed E-state index contributed by atoms with van der Waals surface area (Å²) in [7, 11) is 0. The molecule has 1 heterocycles. The van der Waals surface area contributed by atoms with E-state index in [0.29, 0.717) is 5.75 Å². The van der Waals surface area contributed by atoms with Gasteiger partial charge < -0.3 is 10.4 Å². The summed E-state index contributed by atoms with van der Waals surface area (Å²) in [5, 5.41) is 13.2. The standard InChI is InChI=1S/C16H16BrNO/c1-16(12-2-4-13(17)5-3-12)15-7-6-14(19)10-11(15)8-9-18-16/h2-7,10,18-19H,8-9H2,1H3/t16-/m0/s1. The zero-order valence-electron chi connectivity index (χ0n) is 10.8. The van der Waals surface area contributed by atoms with E-state index >= 15 is 0 Å². The number of fused-ring (bicyclic) bond motifs is 1. The smallest absolute Gasteiger partial charge is 0.115 e. The van der Waals surface area contributed by atoms with Crippen LogP contribution in [0.2, 0.25) is 0 Å². The molecule has 1 aliphatic heterocycles. The second-order valence-corrected chi connectivity index (χ2v) is 6.07. The van der Waals surface area contributed by atoms with Crippen LogP contribution in [0, 0.1) is 0 Å². The normalized spacial score (nSPS) is 22.0. The van der Waals surface area contributed by atoms with Crippen molar-refractivity contribution in [1.82, 2.24) is 5.32 Å². The van der Waals surface area contributed by atoms with E-state index in [-0.39, 0.29) is 5.54 Å². The predicted molar refractivity (Wildman–Crippen MR) is 80.4 cm³/mol. The molecule has 0 radical (unpaired) electrons. The van der Waals surface area contributed by atoms with Gasteiger partial charge in [0.25, 0.3) is 0 Å². The Morgan fingerprint density at radius 1 is 1.16 bits per heavy atom. The maximum absolute atomic E-state index is 9.64. The number of hydrogen-bond donors (Lipinski definition) is 2. The third-order valence-electron chi connectivity index (χ3n) is 3.92. The van der Waals surface area contributed by atoms with E-state index in [0.717, 1.165) is 17.4 Å². The Balaban J connectivity index is 2.13. The third-order valence-corrected chi connectivity index (χ3v) is 4.45. The van der Waals surface area contributed by atoms with Crippen LogP contribution in [0.3, 0.4) is 0 Å². The summed E-state index contributed by atoms with van der Waals surface area (Å²) in [5.41, 5.74) is 3.52. The van der Waals surface area contributed by atoms with Crippen molar-refractivity contribution in [3.63, 3.8) is 0 Å². The van der Waals surface area contributed by atoms with Crippen LogP contribution in [-0.2, 0) is 12.0 Å².